The third kappa shape index (κ3) is 4.27. The highest BCUT2D eigenvalue weighted by Crippen LogP contribution is 2.28. The molecule has 1 fully saturated rings. The van der Waals surface area contributed by atoms with E-state index in [2.05, 4.69) is 46.5 Å². The van der Waals surface area contributed by atoms with Crippen LogP contribution < -0.4 is 5.32 Å². The normalized spacial score (nSPS) is 21.2. The summed E-state index contributed by atoms with van der Waals surface area (Å²) in [4.78, 5) is 14.7. The summed E-state index contributed by atoms with van der Waals surface area (Å²) in [5.74, 6) is -0.00682. The SMILES string of the molecule is CCN1CCO[C@@H](CNC(=O)Cc2ccnn2C)[C@@H]1c1ccccc1. The van der Waals surface area contributed by atoms with E-state index in [4.69, 9.17) is 4.74 Å². The fourth-order valence-corrected chi connectivity index (χ4v) is 3.40. The Morgan fingerprint density at radius 2 is 2.12 bits per heavy atom. The molecule has 1 aromatic carbocycles. The zero-order valence-corrected chi connectivity index (χ0v) is 14.9. The van der Waals surface area contributed by atoms with Crippen molar-refractivity contribution in [3.63, 3.8) is 0 Å². The van der Waals surface area contributed by atoms with Gasteiger partial charge in [0.05, 0.1) is 25.2 Å². The minimum Gasteiger partial charge on any atom is -0.373 e. The summed E-state index contributed by atoms with van der Waals surface area (Å²) in [6.07, 6.45) is 1.99. The number of morpholine rings is 1. The number of hydrogen-bond donors (Lipinski definition) is 1. The highest BCUT2D eigenvalue weighted by molar-refractivity contribution is 5.78. The summed E-state index contributed by atoms with van der Waals surface area (Å²) in [5, 5.41) is 7.13. The first-order valence-electron chi connectivity index (χ1n) is 8.83. The van der Waals surface area contributed by atoms with Gasteiger partial charge < -0.3 is 10.1 Å². The third-order valence-electron chi connectivity index (χ3n) is 4.77. The number of ether oxygens (including phenoxy) is 1. The van der Waals surface area contributed by atoms with Crippen molar-refractivity contribution in [2.75, 3.05) is 26.2 Å². The zero-order chi connectivity index (χ0) is 17.6. The second kappa shape index (κ2) is 8.27. The standard InChI is InChI=1S/C19H26N4O2/c1-3-23-11-12-25-17(19(23)15-7-5-4-6-8-15)14-20-18(24)13-16-9-10-21-22(16)2/h4-10,17,19H,3,11-14H2,1-2H3,(H,20,24)/t17-,19-/m0/s1. The molecule has 1 aliphatic rings. The molecule has 2 aromatic rings. The molecule has 0 unspecified atom stereocenters. The minimum atomic E-state index is -0.0495. The molecule has 6 nitrogen and oxygen atoms in total. The molecule has 0 aliphatic carbocycles. The number of hydrogen-bond acceptors (Lipinski definition) is 4. The quantitative estimate of drug-likeness (QED) is 0.865. The molecule has 1 N–H and O–H groups in total. The van der Waals surface area contributed by atoms with Gasteiger partial charge in [0.2, 0.25) is 5.91 Å². The Labute approximate surface area is 148 Å². The maximum Gasteiger partial charge on any atom is 0.226 e. The highest BCUT2D eigenvalue weighted by Gasteiger charge is 2.32. The van der Waals surface area contributed by atoms with Crippen LogP contribution in [0.5, 0.6) is 0 Å². The summed E-state index contributed by atoms with van der Waals surface area (Å²) in [6.45, 7) is 5.24. The lowest BCUT2D eigenvalue weighted by molar-refractivity contribution is -0.122. The van der Waals surface area contributed by atoms with Crippen molar-refractivity contribution in [1.82, 2.24) is 20.0 Å². The van der Waals surface area contributed by atoms with Gasteiger partial charge in [-0.05, 0) is 18.2 Å². The van der Waals surface area contributed by atoms with Crippen LogP contribution >= 0.6 is 0 Å². The number of carbonyl (C=O) groups excluding carboxylic acids is 1. The number of aromatic nitrogens is 2. The maximum atomic E-state index is 12.3. The number of benzene rings is 1. The summed E-state index contributed by atoms with van der Waals surface area (Å²) in [7, 11) is 1.84. The van der Waals surface area contributed by atoms with Gasteiger partial charge in [-0.25, -0.2) is 0 Å². The molecule has 0 radical (unpaired) electrons. The van der Waals surface area contributed by atoms with Crippen LogP contribution in [0.3, 0.4) is 0 Å². The molecular formula is C19H26N4O2. The Morgan fingerprint density at radius 1 is 1.32 bits per heavy atom. The number of nitrogens with one attached hydrogen (secondary N) is 1. The molecule has 1 saturated heterocycles. The van der Waals surface area contributed by atoms with E-state index < -0.39 is 0 Å². The van der Waals surface area contributed by atoms with Crippen LogP contribution in [0.15, 0.2) is 42.6 Å². The second-order valence-electron chi connectivity index (χ2n) is 6.32. The molecular weight excluding hydrogens is 316 g/mol. The van der Waals surface area contributed by atoms with Crippen LogP contribution in [0.1, 0.15) is 24.2 Å². The van der Waals surface area contributed by atoms with E-state index in [1.165, 1.54) is 5.56 Å². The van der Waals surface area contributed by atoms with Crippen LogP contribution in [0.2, 0.25) is 0 Å². The lowest BCUT2D eigenvalue weighted by atomic mass is 9.98. The molecule has 3 rings (SSSR count). The van der Waals surface area contributed by atoms with Gasteiger partial charge in [0.1, 0.15) is 0 Å². The van der Waals surface area contributed by atoms with Gasteiger partial charge in [-0.2, -0.15) is 5.10 Å². The van der Waals surface area contributed by atoms with E-state index in [1.807, 2.05) is 19.2 Å². The van der Waals surface area contributed by atoms with E-state index in [-0.39, 0.29) is 18.1 Å². The van der Waals surface area contributed by atoms with Crippen molar-refractivity contribution >= 4 is 5.91 Å². The van der Waals surface area contributed by atoms with E-state index >= 15 is 0 Å². The van der Waals surface area contributed by atoms with E-state index in [0.29, 0.717) is 19.6 Å². The number of carbonyl (C=O) groups is 1. The predicted molar refractivity (Wildman–Crippen MR) is 96.1 cm³/mol. The van der Waals surface area contributed by atoms with Gasteiger partial charge in [0.15, 0.2) is 0 Å². The number of aryl methyl sites for hydroxylation is 1. The first-order valence-corrected chi connectivity index (χ1v) is 8.83. The van der Waals surface area contributed by atoms with Gasteiger partial charge >= 0.3 is 0 Å². The average molecular weight is 342 g/mol. The third-order valence-corrected chi connectivity index (χ3v) is 4.77. The molecule has 1 aliphatic heterocycles. The Morgan fingerprint density at radius 3 is 2.80 bits per heavy atom. The predicted octanol–water partition coefficient (Wildman–Crippen LogP) is 1.54. The van der Waals surface area contributed by atoms with Gasteiger partial charge in [0.25, 0.3) is 0 Å². The largest absolute Gasteiger partial charge is 0.373 e. The van der Waals surface area contributed by atoms with Crippen molar-refractivity contribution in [3.05, 3.63) is 53.9 Å². The number of likely N-dealkylation sites (N-methyl/N-ethyl adjacent to an activating group) is 1. The van der Waals surface area contributed by atoms with Crippen molar-refractivity contribution in [2.45, 2.75) is 25.5 Å². The summed E-state index contributed by atoms with van der Waals surface area (Å²) >= 11 is 0. The molecule has 0 bridgehead atoms. The van der Waals surface area contributed by atoms with Crippen LogP contribution in [0.25, 0.3) is 0 Å². The lowest BCUT2D eigenvalue weighted by Gasteiger charge is -2.41. The minimum absolute atomic E-state index is 0.00682. The summed E-state index contributed by atoms with van der Waals surface area (Å²) in [5.41, 5.74) is 2.13. The topological polar surface area (TPSA) is 59.4 Å². The first-order chi connectivity index (χ1) is 12.2. The fraction of sp³-hybridized carbons (Fsp3) is 0.474. The fourth-order valence-electron chi connectivity index (χ4n) is 3.40. The highest BCUT2D eigenvalue weighted by atomic mass is 16.5. The van der Waals surface area contributed by atoms with Crippen molar-refractivity contribution in [3.8, 4) is 0 Å². The molecule has 0 saturated carbocycles. The zero-order valence-electron chi connectivity index (χ0n) is 14.9. The molecule has 2 heterocycles. The van der Waals surface area contributed by atoms with Gasteiger partial charge in [-0.1, -0.05) is 37.3 Å². The molecule has 0 spiro atoms. The Hall–Kier alpha value is -2.18. The van der Waals surface area contributed by atoms with E-state index in [1.54, 1.807) is 10.9 Å². The van der Waals surface area contributed by atoms with Gasteiger partial charge in [0, 0.05) is 32.0 Å². The molecule has 2 atom stereocenters. The molecule has 1 aromatic heterocycles. The second-order valence-corrected chi connectivity index (χ2v) is 6.32. The average Bonchev–Trinajstić information content (AvgIpc) is 3.05. The van der Waals surface area contributed by atoms with Crippen LogP contribution in [0.4, 0.5) is 0 Å². The maximum absolute atomic E-state index is 12.3. The van der Waals surface area contributed by atoms with Crippen LogP contribution in [0, 0.1) is 0 Å². The smallest absolute Gasteiger partial charge is 0.226 e. The van der Waals surface area contributed by atoms with Crippen molar-refractivity contribution < 1.29 is 9.53 Å². The number of amides is 1. The summed E-state index contributed by atoms with van der Waals surface area (Å²) in [6, 6.07) is 12.4. The van der Waals surface area contributed by atoms with Gasteiger partial charge in [-0.15, -0.1) is 0 Å². The number of rotatable bonds is 6. The summed E-state index contributed by atoms with van der Waals surface area (Å²) < 4.78 is 7.74. The van der Waals surface area contributed by atoms with Crippen LogP contribution in [-0.4, -0.2) is 52.9 Å². The molecule has 6 heteroatoms. The monoisotopic (exact) mass is 342 g/mol. The molecule has 134 valence electrons. The van der Waals surface area contributed by atoms with Crippen molar-refractivity contribution in [2.24, 2.45) is 7.05 Å². The van der Waals surface area contributed by atoms with E-state index in [0.717, 1.165) is 18.8 Å². The molecule has 25 heavy (non-hydrogen) atoms. The van der Waals surface area contributed by atoms with Crippen LogP contribution in [-0.2, 0) is 23.0 Å². The van der Waals surface area contributed by atoms with E-state index in [9.17, 15) is 4.79 Å². The Kier molecular flexibility index (Phi) is 5.83. The van der Waals surface area contributed by atoms with Gasteiger partial charge in [-0.3, -0.25) is 14.4 Å². The first kappa shape index (κ1) is 17.6. The Balaban J connectivity index is 1.64. The Bertz CT molecular complexity index is 686. The number of nitrogens with zero attached hydrogens (tertiary/aromatic N) is 3. The lowest BCUT2D eigenvalue weighted by Crippen LogP contribution is -2.49. The van der Waals surface area contributed by atoms with Crippen molar-refractivity contribution in [1.29, 1.82) is 0 Å². The molecule has 1 amide bonds.